The molecule has 138 valence electrons. The summed E-state index contributed by atoms with van der Waals surface area (Å²) in [5.74, 6) is -0.741. The van der Waals surface area contributed by atoms with E-state index in [1.807, 2.05) is 18.2 Å². The van der Waals surface area contributed by atoms with Gasteiger partial charge in [0.1, 0.15) is 6.04 Å². The number of piperidine rings is 2. The van der Waals surface area contributed by atoms with Gasteiger partial charge in [-0.05, 0) is 36.9 Å². The average molecular weight is 356 g/mol. The quantitative estimate of drug-likeness (QED) is 0.763. The first-order chi connectivity index (χ1) is 12.5. The third-order valence-corrected chi connectivity index (χ3v) is 5.57. The van der Waals surface area contributed by atoms with Crippen LogP contribution in [0.3, 0.4) is 0 Å². The van der Waals surface area contributed by atoms with E-state index in [2.05, 4.69) is 10.2 Å². The van der Waals surface area contributed by atoms with Gasteiger partial charge in [0.15, 0.2) is 0 Å². The molecule has 0 radical (unpaired) electrons. The van der Waals surface area contributed by atoms with Crippen molar-refractivity contribution in [3.63, 3.8) is 0 Å². The Morgan fingerprint density at radius 1 is 1.19 bits per heavy atom. The van der Waals surface area contributed by atoms with E-state index in [0.29, 0.717) is 19.5 Å². The van der Waals surface area contributed by atoms with Gasteiger partial charge in [-0.25, -0.2) is 0 Å². The van der Waals surface area contributed by atoms with Gasteiger partial charge in [-0.3, -0.25) is 24.6 Å². The Labute approximate surface area is 152 Å². The number of rotatable bonds is 3. The van der Waals surface area contributed by atoms with Gasteiger partial charge in [0.05, 0.1) is 0 Å². The molecule has 7 heteroatoms. The maximum atomic E-state index is 13.1. The van der Waals surface area contributed by atoms with Crippen LogP contribution in [0.5, 0.6) is 0 Å². The molecule has 2 atom stereocenters. The molecule has 0 aliphatic carbocycles. The number of carbonyl (C=O) groups excluding carboxylic acids is 3. The van der Waals surface area contributed by atoms with E-state index in [4.69, 9.17) is 5.73 Å². The molecule has 3 aliphatic heterocycles. The minimum atomic E-state index is -0.566. The molecule has 3 N–H and O–H groups in total. The molecule has 1 aromatic carbocycles. The molecule has 0 bridgehead atoms. The lowest BCUT2D eigenvalue weighted by atomic mass is 10.0. The van der Waals surface area contributed by atoms with Crippen LogP contribution in [0.4, 0.5) is 0 Å². The lowest BCUT2D eigenvalue weighted by molar-refractivity contribution is -0.136. The van der Waals surface area contributed by atoms with Crippen LogP contribution in [0, 0.1) is 0 Å². The zero-order valence-corrected chi connectivity index (χ0v) is 14.7. The first kappa shape index (κ1) is 17.2. The van der Waals surface area contributed by atoms with Crippen LogP contribution < -0.4 is 11.1 Å². The van der Waals surface area contributed by atoms with Gasteiger partial charge < -0.3 is 10.6 Å². The van der Waals surface area contributed by atoms with Crippen molar-refractivity contribution in [2.75, 3.05) is 13.1 Å². The van der Waals surface area contributed by atoms with Gasteiger partial charge in [-0.2, -0.15) is 0 Å². The highest BCUT2D eigenvalue weighted by Crippen LogP contribution is 2.30. The molecule has 0 saturated carbocycles. The second-order valence-electron chi connectivity index (χ2n) is 7.49. The Kier molecular flexibility index (Phi) is 4.50. The van der Waals surface area contributed by atoms with Gasteiger partial charge in [0, 0.05) is 37.7 Å². The summed E-state index contributed by atoms with van der Waals surface area (Å²) in [6, 6.07) is 5.54. The molecule has 0 aromatic heterocycles. The highest BCUT2D eigenvalue weighted by Gasteiger charge is 2.40. The molecule has 2 saturated heterocycles. The van der Waals surface area contributed by atoms with Gasteiger partial charge in [0.25, 0.3) is 5.91 Å². The van der Waals surface area contributed by atoms with Crippen molar-refractivity contribution < 1.29 is 14.4 Å². The highest BCUT2D eigenvalue weighted by molar-refractivity contribution is 6.05. The second-order valence-corrected chi connectivity index (χ2v) is 7.49. The topological polar surface area (TPSA) is 95.7 Å². The van der Waals surface area contributed by atoms with Crippen LogP contribution >= 0.6 is 0 Å². The van der Waals surface area contributed by atoms with Gasteiger partial charge in [-0.15, -0.1) is 0 Å². The predicted molar refractivity (Wildman–Crippen MR) is 95.0 cm³/mol. The van der Waals surface area contributed by atoms with E-state index < -0.39 is 6.04 Å². The monoisotopic (exact) mass is 356 g/mol. The first-order valence-corrected chi connectivity index (χ1v) is 9.26. The van der Waals surface area contributed by atoms with Crippen LogP contribution in [-0.4, -0.2) is 52.7 Å². The van der Waals surface area contributed by atoms with E-state index in [1.165, 1.54) is 0 Å². The Morgan fingerprint density at radius 3 is 2.81 bits per heavy atom. The summed E-state index contributed by atoms with van der Waals surface area (Å²) < 4.78 is 0. The van der Waals surface area contributed by atoms with Crippen molar-refractivity contribution in [2.24, 2.45) is 5.73 Å². The molecule has 2 unspecified atom stereocenters. The SMILES string of the molecule is NC1CCCN(Cc2cccc3c2C(=O)N(C2CCC(=O)NC2=O)C3)C1. The van der Waals surface area contributed by atoms with Crippen molar-refractivity contribution in [2.45, 2.75) is 50.9 Å². The molecule has 26 heavy (non-hydrogen) atoms. The number of amides is 3. The van der Waals surface area contributed by atoms with Crippen LogP contribution in [0.1, 0.15) is 47.2 Å². The number of carbonyl (C=O) groups is 3. The summed E-state index contributed by atoms with van der Waals surface area (Å²) in [6.45, 7) is 2.96. The largest absolute Gasteiger partial charge is 0.327 e. The highest BCUT2D eigenvalue weighted by atomic mass is 16.2. The smallest absolute Gasteiger partial charge is 0.255 e. The Morgan fingerprint density at radius 2 is 2.04 bits per heavy atom. The zero-order chi connectivity index (χ0) is 18.3. The van der Waals surface area contributed by atoms with Crippen LogP contribution in [0.2, 0.25) is 0 Å². The van der Waals surface area contributed by atoms with Crippen molar-refractivity contribution >= 4 is 17.7 Å². The molecule has 1 aromatic rings. The third kappa shape index (κ3) is 3.12. The fourth-order valence-electron chi connectivity index (χ4n) is 4.30. The molecule has 2 fully saturated rings. The average Bonchev–Trinajstić information content (AvgIpc) is 2.93. The Balaban J connectivity index is 1.55. The maximum Gasteiger partial charge on any atom is 0.255 e. The summed E-state index contributed by atoms with van der Waals surface area (Å²) >= 11 is 0. The summed E-state index contributed by atoms with van der Waals surface area (Å²) in [5, 5.41) is 2.34. The molecule has 3 heterocycles. The van der Waals surface area contributed by atoms with E-state index >= 15 is 0 Å². The minimum absolute atomic E-state index is 0.105. The van der Waals surface area contributed by atoms with Crippen molar-refractivity contribution in [1.82, 2.24) is 15.1 Å². The number of nitrogens with two attached hydrogens (primary N) is 1. The van der Waals surface area contributed by atoms with E-state index in [0.717, 1.165) is 42.6 Å². The van der Waals surface area contributed by atoms with Crippen molar-refractivity contribution in [3.05, 3.63) is 34.9 Å². The second kappa shape index (κ2) is 6.81. The fraction of sp³-hybridized carbons (Fsp3) is 0.526. The fourth-order valence-corrected chi connectivity index (χ4v) is 4.30. The summed E-state index contributed by atoms with van der Waals surface area (Å²) in [5.41, 5.74) is 8.75. The third-order valence-electron chi connectivity index (χ3n) is 5.57. The summed E-state index contributed by atoms with van der Waals surface area (Å²) in [4.78, 5) is 40.5. The predicted octanol–water partition coefficient (Wildman–Crippen LogP) is 0.371. The number of nitrogens with zero attached hydrogens (tertiary/aromatic N) is 2. The molecular formula is C19H24N4O3. The van der Waals surface area contributed by atoms with Crippen LogP contribution in [-0.2, 0) is 22.7 Å². The molecule has 7 nitrogen and oxygen atoms in total. The lowest BCUT2D eigenvalue weighted by Gasteiger charge is -2.31. The van der Waals surface area contributed by atoms with E-state index in [1.54, 1.807) is 4.90 Å². The van der Waals surface area contributed by atoms with Gasteiger partial charge in [-0.1, -0.05) is 18.2 Å². The van der Waals surface area contributed by atoms with Crippen molar-refractivity contribution in [1.29, 1.82) is 0 Å². The van der Waals surface area contributed by atoms with Crippen LogP contribution in [0.25, 0.3) is 0 Å². The number of hydrogen-bond donors (Lipinski definition) is 2. The summed E-state index contributed by atoms with van der Waals surface area (Å²) in [6.07, 6.45) is 2.79. The first-order valence-electron chi connectivity index (χ1n) is 9.26. The Hall–Kier alpha value is -2.25. The normalized spacial score (nSPS) is 26.8. The zero-order valence-electron chi connectivity index (χ0n) is 14.7. The minimum Gasteiger partial charge on any atom is -0.327 e. The van der Waals surface area contributed by atoms with Crippen LogP contribution in [0.15, 0.2) is 18.2 Å². The molecule has 3 aliphatic rings. The molecule has 4 rings (SSSR count). The number of nitrogens with one attached hydrogen (secondary N) is 1. The number of imide groups is 1. The maximum absolute atomic E-state index is 13.1. The molecule has 3 amide bonds. The molecule has 0 spiro atoms. The van der Waals surface area contributed by atoms with Crippen molar-refractivity contribution in [3.8, 4) is 0 Å². The van der Waals surface area contributed by atoms with Gasteiger partial charge >= 0.3 is 0 Å². The number of benzene rings is 1. The number of hydrogen-bond acceptors (Lipinski definition) is 5. The van der Waals surface area contributed by atoms with E-state index in [-0.39, 0.29) is 30.2 Å². The van der Waals surface area contributed by atoms with E-state index in [9.17, 15) is 14.4 Å². The Bertz CT molecular complexity index is 763. The lowest BCUT2D eigenvalue weighted by Crippen LogP contribution is -2.52. The number of likely N-dealkylation sites (tertiary alicyclic amines) is 1. The number of fused-ring (bicyclic) bond motifs is 1. The van der Waals surface area contributed by atoms with Gasteiger partial charge in [0.2, 0.25) is 11.8 Å². The standard InChI is InChI=1S/C19H24N4O3/c20-14-5-2-8-22(11-14)9-12-3-1-4-13-10-23(19(26)17(12)13)15-6-7-16(24)21-18(15)25/h1,3-4,14-15H,2,5-11,20H2,(H,21,24,25). The summed E-state index contributed by atoms with van der Waals surface area (Å²) in [7, 11) is 0. The molecular weight excluding hydrogens is 332 g/mol.